The summed E-state index contributed by atoms with van der Waals surface area (Å²) in [7, 11) is -3.40. The number of piperidine rings is 1. The second-order valence-corrected chi connectivity index (χ2v) is 16.7. The maximum Gasteiger partial charge on any atom is 0.318 e. The van der Waals surface area contributed by atoms with E-state index in [-0.39, 0.29) is 49.6 Å². The van der Waals surface area contributed by atoms with Gasteiger partial charge in [-0.25, -0.2) is 22.9 Å². The molecule has 1 aliphatic heterocycles. The molecular weight excluding hydrogens is 685 g/mol. The van der Waals surface area contributed by atoms with Gasteiger partial charge in [0.25, 0.3) is 0 Å². The highest BCUT2D eigenvalue weighted by molar-refractivity contribution is 7.89. The molecule has 5 atom stereocenters. The number of carbonyl (C=O) groups is 3. The average Bonchev–Trinajstić information content (AvgIpc) is 3.64. The molecule has 52 heavy (non-hydrogen) atoms. The molecule has 0 radical (unpaired) electrons. The van der Waals surface area contributed by atoms with E-state index in [4.69, 9.17) is 5.73 Å². The molecule has 2 aliphatic rings. The molecule has 1 aliphatic carbocycles. The van der Waals surface area contributed by atoms with E-state index in [0.29, 0.717) is 50.4 Å². The monoisotopic (exact) mass is 744 g/mol. The van der Waals surface area contributed by atoms with E-state index in [1.54, 1.807) is 18.0 Å². The van der Waals surface area contributed by atoms with Crippen LogP contribution in [0.2, 0.25) is 0 Å². The number of aliphatic hydroxyl groups excluding tert-OH is 1. The molecular formula is C37H60N8O6S. The van der Waals surface area contributed by atoms with Crippen molar-refractivity contribution in [3.8, 4) is 0 Å². The molecule has 15 heteroatoms. The van der Waals surface area contributed by atoms with Gasteiger partial charge in [-0.3, -0.25) is 9.59 Å². The third-order valence-corrected chi connectivity index (χ3v) is 11.8. The number of rotatable bonds is 19. The Hall–Kier alpha value is -3.53. The topological polar surface area (TPSA) is 212 Å². The van der Waals surface area contributed by atoms with Gasteiger partial charge in [-0.05, 0) is 49.5 Å². The van der Waals surface area contributed by atoms with Crippen molar-refractivity contribution in [1.82, 2.24) is 35.5 Å². The van der Waals surface area contributed by atoms with Crippen molar-refractivity contribution in [1.29, 1.82) is 0 Å². The average molecular weight is 745 g/mol. The van der Waals surface area contributed by atoms with Crippen LogP contribution in [0.25, 0.3) is 0 Å². The first-order valence-electron chi connectivity index (χ1n) is 19.0. The number of urea groups is 1. The molecule has 0 spiro atoms. The smallest absolute Gasteiger partial charge is 0.318 e. The van der Waals surface area contributed by atoms with Gasteiger partial charge in [0.2, 0.25) is 21.8 Å². The Morgan fingerprint density at radius 2 is 1.65 bits per heavy atom. The highest BCUT2D eigenvalue weighted by Gasteiger charge is 2.33. The van der Waals surface area contributed by atoms with Crippen molar-refractivity contribution in [2.45, 2.75) is 121 Å². The van der Waals surface area contributed by atoms with E-state index in [1.807, 2.05) is 37.3 Å². The summed E-state index contributed by atoms with van der Waals surface area (Å²) in [6.45, 7) is 4.84. The van der Waals surface area contributed by atoms with Crippen LogP contribution in [-0.4, -0.2) is 102 Å². The SMILES string of the molecule is CCCS(=O)(=O)NC[C@H](C)C[C@H](O)[C@H](CC1CCCCC1)NC(=O)[C@H](Cc1cnc[nH]1)NC(=O)[C@H](Cc1ccccc1)NC(=O)N1CCC(N)CC1. The number of H-pyrrole nitrogens is 1. The largest absolute Gasteiger partial charge is 0.391 e. The first kappa shape index (κ1) is 41.2. The maximum absolute atomic E-state index is 14.2. The zero-order valence-electron chi connectivity index (χ0n) is 30.8. The number of hydrogen-bond donors (Lipinski definition) is 7. The zero-order valence-corrected chi connectivity index (χ0v) is 31.6. The number of sulfonamides is 1. The Morgan fingerprint density at radius 1 is 0.981 bits per heavy atom. The Balaban J connectivity index is 1.51. The van der Waals surface area contributed by atoms with Crippen molar-refractivity contribution < 1.29 is 27.9 Å². The summed E-state index contributed by atoms with van der Waals surface area (Å²) in [5, 5.41) is 20.5. The van der Waals surface area contributed by atoms with E-state index >= 15 is 0 Å². The highest BCUT2D eigenvalue weighted by atomic mass is 32.2. The quantitative estimate of drug-likeness (QED) is 0.113. The van der Waals surface area contributed by atoms with E-state index in [2.05, 4.69) is 30.6 Å². The summed E-state index contributed by atoms with van der Waals surface area (Å²) in [5.74, 6) is -0.806. The summed E-state index contributed by atoms with van der Waals surface area (Å²) in [6, 6.07) is 6.42. The summed E-state index contributed by atoms with van der Waals surface area (Å²) >= 11 is 0. The minimum absolute atomic E-state index is 0.0366. The van der Waals surface area contributed by atoms with Gasteiger partial charge >= 0.3 is 6.03 Å². The third-order valence-electron chi connectivity index (χ3n) is 10.2. The fourth-order valence-corrected chi connectivity index (χ4v) is 8.37. The van der Waals surface area contributed by atoms with Crippen molar-refractivity contribution in [2.24, 2.45) is 17.6 Å². The second-order valence-electron chi connectivity index (χ2n) is 14.8. The summed E-state index contributed by atoms with van der Waals surface area (Å²) < 4.78 is 27.1. The van der Waals surface area contributed by atoms with Crippen LogP contribution in [0, 0.1) is 11.8 Å². The highest BCUT2D eigenvalue weighted by Crippen LogP contribution is 2.29. The number of aromatic amines is 1. The molecule has 2 fully saturated rings. The van der Waals surface area contributed by atoms with Gasteiger partial charge in [0.15, 0.2) is 0 Å². The molecule has 2 heterocycles. The van der Waals surface area contributed by atoms with Gasteiger partial charge < -0.3 is 36.7 Å². The van der Waals surface area contributed by atoms with Crippen LogP contribution in [0.1, 0.15) is 89.3 Å². The first-order valence-corrected chi connectivity index (χ1v) is 20.7. The number of benzene rings is 1. The number of amides is 4. The zero-order chi connectivity index (χ0) is 37.5. The van der Waals surface area contributed by atoms with Crippen molar-refractivity contribution in [3.05, 3.63) is 54.1 Å². The van der Waals surface area contributed by atoms with Gasteiger partial charge in [-0.15, -0.1) is 0 Å². The lowest BCUT2D eigenvalue weighted by molar-refractivity contribution is -0.131. The van der Waals surface area contributed by atoms with Gasteiger partial charge in [-0.1, -0.05) is 76.3 Å². The van der Waals surface area contributed by atoms with Gasteiger partial charge in [0.1, 0.15) is 12.1 Å². The number of nitrogens with one attached hydrogen (secondary N) is 5. The molecule has 1 aromatic carbocycles. The standard InChI is InChI=1S/C37H60N8O6S/c1-3-18-52(50,51)41-23-26(2)19-34(46)31(20-27-10-6-4-7-11-27)42-36(48)33(22-30-24-39-25-40-30)43-35(47)32(21-28-12-8-5-9-13-28)44-37(49)45-16-14-29(38)15-17-45/h5,8-9,12-13,24-27,29,31-34,41,46H,3-4,6-7,10-11,14-23,38H2,1-2H3,(H,39,40)(H,42,48)(H,43,47)(H,44,49)/t26-,31+,32+,33+,34+/m1/s1. The molecule has 0 unspecified atom stereocenters. The number of aliphatic hydroxyl groups is 1. The van der Waals surface area contributed by atoms with Crippen LogP contribution in [0.15, 0.2) is 42.9 Å². The number of nitrogens with zero attached hydrogens (tertiary/aromatic N) is 2. The van der Waals surface area contributed by atoms with Crippen LogP contribution in [0.4, 0.5) is 4.79 Å². The minimum atomic E-state index is -3.40. The van der Waals surface area contributed by atoms with Gasteiger partial charge in [0, 0.05) is 50.4 Å². The molecule has 4 rings (SSSR count). The van der Waals surface area contributed by atoms with E-state index < -0.39 is 46.1 Å². The van der Waals surface area contributed by atoms with Crippen LogP contribution in [0.3, 0.4) is 0 Å². The third kappa shape index (κ3) is 13.8. The first-order chi connectivity index (χ1) is 24.9. The molecule has 14 nitrogen and oxygen atoms in total. The normalized spacial score (nSPS) is 18.9. The van der Waals surface area contributed by atoms with E-state index in [0.717, 1.165) is 37.7 Å². The molecule has 4 amide bonds. The van der Waals surface area contributed by atoms with Gasteiger partial charge in [0.05, 0.1) is 24.2 Å². The Bertz CT molecular complexity index is 1480. The molecule has 8 N–H and O–H groups in total. The predicted octanol–water partition coefficient (Wildman–Crippen LogP) is 2.35. The van der Waals surface area contributed by atoms with E-state index in [1.165, 1.54) is 6.33 Å². The lowest BCUT2D eigenvalue weighted by atomic mass is 9.82. The summed E-state index contributed by atoms with van der Waals surface area (Å²) in [6.07, 6.45) is 10.5. The number of nitrogens with two attached hydrogens (primary N) is 1. The number of carbonyl (C=O) groups excluding carboxylic acids is 3. The van der Waals surface area contributed by atoms with E-state index in [9.17, 15) is 27.9 Å². The van der Waals surface area contributed by atoms with Gasteiger partial charge in [-0.2, -0.15) is 0 Å². The number of aromatic nitrogens is 2. The fraction of sp³-hybridized carbons (Fsp3) is 0.676. The fourth-order valence-electron chi connectivity index (χ4n) is 7.15. The van der Waals surface area contributed by atoms with Crippen LogP contribution in [-0.2, 0) is 32.5 Å². The summed E-state index contributed by atoms with van der Waals surface area (Å²) in [4.78, 5) is 50.4. The van der Waals surface area contributed by atoms with Crippen LogP contribution >= 0.6 is 0 Å². The second kappa shape index (κ2) is 20.6. The van der Waals surface area contributed by atoms with Crippen molar-refractivity contribution in [3.63, 3.8) is 0 Å². The van der Waals surface area contributed by atoms with Crippen LogP contribution in [0.5, 0.6) is 0 Å². The van der Waals surface area contributed by atoms with Crippen LogP contribution < -0.4 is 26.4 Å². The molecule has 1 aromatic heterocycles. The minimum Gasteiger partial charge on any atom is -0.391 e. The molecule has 2 aromatic rings. The molecule has 1 saturated heterocycles. The Labute approximate surface area is 308 Å². The molecule has 1 saturated carbocycles. The lowest BCUT2D eigenvalue weighted by Gasteiger charge is -2.33. The number of likely N-dealkylation sites (tertiary alicyclic amines) is 1. The Morgan fingerprint density at radius 3 is 2.31 bits per heavy atom. The van der Waals surface area contributed by atoms with Crippen molar-refractivity contribution >= 4 is 27.9 Å². The van der Waals surface area contributed by atoms with Crippen molar-refractivity contribution in [2.75, 3.05) is 25.4 Å². The maximum atomic E-state index is 14.2. The molecule has 290 valence electrons. The molecule has 0 bridgehead atoms. The summed E-state index contributed by atoms with van der Waals surface area (Å²) in [5.41, 5.74) is 7.53. The lowest BCUT2D eigenvalue weighted by Crippen LogP contribution is -2.59. The number of hydrogen-bond acceptors (Lipinski definition) is 8. The Kier molecular flexibility index (Phi) is 16.4. The predicted molar refractivity (Wildman–Crippen MR) is 200 cm³/mol. The number of imidazole rings is 1.